The van der Waals surface area contributed by atoms with Gasteiger partial charge in [-0.05, 0) is 66.1 Å². The molecule has 0 aliphatic carbocycles. The van der Waals surface area contributed by atoms with E-state index in [1.807, 2.05) is 18.2 Å². The number of anilines is 1. The predicted octanol–water partition coefficient (Wildman–Crippen LogP) is 6.28. The van der Waals surface area contributed by atoms with Crippen molar-refractivity contribution in [3.8, 4) is 0 Å². The van der Waals surface area contributed by atoms with E-state index in [1.165, 1.54) is 30.3 Å². The Morgan fingerprint density at radius 1 is 1.03 bits per heavy atom. The van der Waals surface area contributed by atoms with E-state index in [2.05, 4.69) is 10.3 Å². The molecule has 0 fully saturated rings. The second-order valence-electron chi connectivity index (χ2n) is 7.55. The van der Waals surface area contributed by atoms with Crippen molar-refractivity contribution in [3.63, 3.8) is 0 Å². The van der Waals surface area contributed by atoms with Crippen LogP contribution in [-0.2, 0) is 6.42 Å². The highest BCUT2D eigenvalue weighted by atomic mass is 35.5. The van der Waals surface area contributed by atoms with Gasteiger partial charge in [-0.3, -0.25) is 0 Å². The molecule has 2 N–H and O–H groups in total. The van der Waals surface area contributed by atoms with Crippen LogP contribution in [0.3, 0.4) is 0 Å². The smallest absolute Gasteiger partial charge is 0.322 e. The number of H-pyrrole nitrogens is 1. The molecule has 3 aromatic carbocycles. The normalized spacial score (nSPS) is 15.7. The van der Waals surface area contributed by atoms with Gasteiger partial charge < -0.3 is 15.2 Å². The maximum absolute atomic E-state index is 13.6. The van der Waals surface area contributed by atoms with Crippen LogP contribution in [0, 0.1) is 11.6 Å². The molecule has 0 saturated carbocycles. The first-order valence-electron chi connectivity index (χ1n) is 9.88. The van der Waals surface area contributed by atoms with Crippen LogP contribution in [0.2, 0.25) is 5.02 Å². The number of aromatic nitrogens is 1. The van der Waals surface area contributed by atoms with E-state index in [-0.39, 0.29) is 11.8 Å². The van der Waals surface area contributed by atoms with Gasteiger partial charge in [-0.1, -0.05) is 29.8 Å². The van der Waals surface area contributed by atoms with Crippen LogP contribution in [0.4, 0.5) is 19.3 Å². The molecule has 0 bridgehead atoms. The molecule has 0 radical (unpaired) electrons. The van der Waals surface area contributed by atoms with Crippen molar-refractivity contribution < 1.29 is 13.6 Å². The fourth-order valence-electron chi connectivity index (χ4n) is 4.23. The number of fused-ring (bicyclic) bond motifs is 3. The fourth-order valence-corrected chi connectivity index (χ4v) is 4.40. The topological polar surface area (TPSA) is 48.1 Å². The molecular weight excluding hydrogens is 420 g/mol. The molecule has 4 nitrogen and oxygen atoms in total. The van der Waals surface area contributed by atoms with Gasteiger partial charge in [0.2, 0.25) is 0 Å². The number of carbonyl (C=O) groups excluding carboxylic acids is 1. The fraction of sp³-hybridized carbons (Fsp3) is 0.125. The molecule has 0 spiro atoms. The number of nitrogens with zero attached hydrogens (tertiary/aromatic N) is 1. The number of hydrogen-bond acceptors (Lipinski definition) is 1. The Balaban J connectivity index is 1.59. The summed E-state index contributed by atoms with van der Waals surface area (Å²) >= 11 is 6.21. The lowest BCUT2D eigenvalue weighted by atomic mass is 9.92. The number of nitrogens with one attached hydrogen (secondary N) is 2. The first-order chi connectivity index (χ1) is 15.0. The second kappa shape index (κ2) is 7.71. The van der Waals surface area contributed by atoms with Crippen LogP contribution in [-0.4, -0.2) is 22.5 Å². The lowest BCUT2D eigenvalue weighted by Gasteiger charge is -2.36. The van der Waals surface area contributed by atoms with Crippen LogP contribution in [0.5, 0.6) is 0 Å². The highest BCUT2D eigenvalue weighted by molar-refractivity contribution is 6.31. The predicted molar refractivity (Wildman–Crippen MR) is 117 cm³/mol. The van der Waals surface area contributed by atoms with Crippen molar-refractivity contribution in [2.24, 2.45) is 0 Å². The minimum atomic E-state index is -0.455. The third-order valence-corrected chi connectivity index (χ3v) is 5.85. The molecule has 1 aliphatic heterocycles. The monoisotopic (exact) mass is 437 g/mol. The van der Waals surface area contributed by atoms with E-state index < -0.39 is 11.9 Å². The number of amides is 2. The summed E-state index contributed by atoms with van der Waals surface area (Å²) in [6.07, 6.45) is 0.629. The Morgan fingerprint density at radius 2 is 1.84 bits per heavy atom. The Hall–Kier alpha value is -3.38. The van der Waals surface area contributed by atoms with E-state index in [0.717, 1.165) is 27.7 Å². The molecule has 31 heavy (non-hydrogen) atoms. The van der Waals surface area contributed by atoms with Gasteiger partial charge in [0.25, 0.3) is 0 Å². The zero-order valence-corrected chi connectivity index (χ0v) is 17.1. The minimum Gasteiger partial charge on any atom is -0.356 e. The summed E-state index contributed by atoms with van der Waals surface area (Å²) in [7, 11) is 0. The number of hydrogen-bond donors (Lipinski definition) is 2. The van der Waals surface area contributed by atoms with E-state index in [1.54, 1.807) is 23.1 Å². The van der Waals surface area contributed by atoms with E-state index in [4.69, 9.17) is 11.6 Å². The van der Waals surface area contributed by atoms with E-state index in [9.17, 15) is 13.6 Å². The Labute approximate surface area is 182 Å². The zero-order chi connectivity index (χ0) is 21.5. The van der Waals surface area contributed by atoms with Crippen molar-refractivity contribution in [1.29, 1.82) is 0 Å². The molecule has 2 amide bonds. The summed E-state index contributed by atoms with van der Waals surface area (Å²) < 4.78 is 27.2. The van der Waals surface area contributed by atoms with Gasteiger partial charge >= 0.3 is 6.03 Å². The Kier molecular flexibility index (Phi) is 4.87. The van der Waals surface area contributed by atoms with Gasteiger partial charge in [0.15, 0.2) is 0 Å². The van der Waals surface area contributed by atoms with Crippen LogP contribution in [0.1, 0.15) is 22.9 Å². The lowest BCUT2D eigenvalue weighted by Crippen LogP contribution is -2.43. The van der Waals surface area contributed by atoms with Crippen LogP contribution < -0.4 is 5.32 Å². The molecule has 1 aliphatic rings. The highest BCUT2D eigenvalue weighted by Crippen LogP contribution is 2.39. The molecule has 7 heteroatoms. The van der Waals surface area contributed by atoms with Crippen LogP contribution in [0.15, 0.2) is 66.7 Å². The second-order valence-corrected chi connectivity index (χ2v) is 7.98. The summed E-state index contributed by atoms with van der Waals surface area (Å²) in [4.78, 5) is 18.3. The molecule has 156 valence electrons. The van der Waals surface area contributed by atoms with E-state index >= 15 is 0 Å². The number of carbonyl (C=O) groups is 1. The number of benzene rings is 3. The van der Waals surface area contributed by atoms with E-state index in [0.29, 0.717) is 23.7 Å². The standard InChI is InChI=1S/C24H18ClF2N3O/c25-15-6-9-21-20(12-15)19-10-11-30(24(31)28-18-3-1-2-17(27)13-18)23(22(19)29-21)14-4-7-16(26)8-5-14/h1-9,12-13,23,29H,10-11H2,(H,28,31)/t23-/m1/s1. The summed E-state index contributed by atoms with van der Waals surface area (Å²) in [6.45, 7) is 0.440. The average Bonchev–Trinajstić information content (AvgIpc) is 3.11. The third-order valence-electron chi connectivity index (χ3n) is 5.61. The first kappa shape index (κ1) is 19.6. The van der Waals surface area contributed by atoms with Gasteiger partial charge in [-0.2, -0.15) is 0 Å². The summed E-state index contributed by atoms with van der Waals surface area (Å²) in [5.41, 5.74) is 4.02. The summed E-state index contributed by atoms with van der Waals surface area (Å²) in [5.74, 6) is -0.778. The average molecular weight is 438 g/mol. The molecule has 1 aromatic heterocycles. The van der Waals surface area contributed by atoms with Crippen molar-refractivity contribution in [3.05, 3.63) is 100 Å². The molecule has 1 atom stereocenters. The zero-order valence-electron chi connectivity index (χ0n) is 16.3. The summed E-state index contributed by atoms with van der Waals surface area (Å²) in [5, 5.41) is 4.43. The maximum atomic E-state index is 13.6. The van der Waals surface area contributed by atoms with Crippen molar-refractivity contribution in [1.82, 2.24) is 9.88 Å². The number of rotatable bonds is 2. The van der Waals surface area contributed by atoms with Crippen molar-refractivity contribution in [2.45, 2.75) is 12.5 Å². The number of urea groups is 1. The Bertz CT molecular complexity index is 1290. The summed E-state index contributed by atoms with van der Waals surface area (Å²) in [6, 6.07) is 16.7. The molecule has 5 rings (SSSR count). The molecule has 2 heterocycles. The van der Waals surface area contributed by atoms with Crippen LogP contribution in [0.25, 0.3) is 10.9 Å². The third kappa shape index (κ3) is 3.64. The highest BCUT2D eigenvalue weighted by Gasteiger charge is 2.34. The van der Waals surface area contributed by atoms with Gasteiger partial charge in [0.05, 0.1) is 6.04 Å². The number of halogens is 3. The minimum absolute atomic E-state index is 0.348. The van der Waals surface area contributed by atoms with Crippen LogP contribution >= 0.6 is 11.6 Å². The van der Waals surface area contributed by atoms with Gasteiger partial charge in [-0.15, -0.1) is 0 Å². The molecule has 0 saturated heterocycles. The molecular formula is C24H18ClF2N3O. The van der Waals surface area contributed by atoms with Crippen molar-refractivity contribution >= 4 is 34.2 Å². The SMILES string of the molecule is O=C(Nc1cccc(F)c1)N1CCc2c([nH]c3ccc(Cl)cc23)[C@H]1c1ccc(F)cc1. The quantitative estimate of drug-likeness (QED) is 0.381. The van der Waals surface area contributed by atoms with Gasteiger partial charge in [0.1, 0.15) is 11.6 Å². The lowest BCUT2D eigenvalue weighted by molar-refractivity contribution is 0.193. The first-order valence-corrected chi connectivity index (χ1v) is 10.3. The molecule has 0 unspecified atom stereocenters. The largest absolute Gasteiger partial charge is 0.356 e. The Morgan fingerprint density at radius 3 is 2.61 bits per heavy atom. The van der Waals surface area contributed by atoms with Gasteiger partial charge in [0, 0.05) is 33.9 Å². The molecule has 4 aromatic rings. The number of aromatic amines is 1. The maximum Gasteiger partial charge on any atom is 0.322 e. The van der Waals surface area contributed by atoms with Crippen molar-refractivity contribution in [2.75, 3.05) is 11.9 Å². The van der Waals surface area contributed by atoms with Gasteiger partial charge in [-0.25, -0.2) is 13.6 Å².